The van der Waals surface area contributed by atoms with Gasteiger partial charge in [-0.2, -0.15) is 4.98 Å². The highest BCUT2D eigenvalue weighted by Crippen LogP contribution is 2.18. The monoisotopic (exact) mass is 409 g/mol. The number of hydrogen-bond donors (Lipinski definition) is 5. The summed E-state index contributed by atoms with van der Waals surface area (Å²) >= 11 is 0. The molecule has 9 nitrogen and oxygen atoms in total. The van der Waals surface area contributed by atoms with Crippen molar-refractivity contribution in [2.24, 2.45) is 11.5 Å². The Labute approximate surface area is 176 Å². The van der Waals surface area contributed by atoms with Gasteiger partial charge in [0.05, 0.1) is 18.3 Å². The summed E-state index contributed by atoms with van der Waals surface area (Å²) in [6.45, 7) is 3.35. The summed E-state index contributed by atoms with van der Waals surface area (Å²) < 4.78 is 0. The molecule has 0 bridgehead atoms. The van der Waals surface area contributed by atoms with Crippen LogP contribution in [0.15, 0.2) is 30.5 Å². The molecule has 0 saturated heterocycles. The van der Waals surface area contributed by atoms with Crippen LogP contribution >= 0.6 is 0 Å². The van der Waals surface area contributed by atoms with Crippen molar-refractivity contribution in [2.75, 3.05) is 30.3 Å². The Balaban J connectivity index is 2.04. The maximum atomic E-state index is 11.2. The lowest BCUT2D eigenvalue weighted by Gasteiger charge is -2.10. The van der Waals surface area contributed by atoms with E-state index in [1.165, 1.54) is 0 Å². The van der Waals surface area contributed by atoms with E-state index in [1.54, 1.807) is 30.5 Å². The predicted molar refractivity (Wildman–Crippen MR) is 117 cm³/mol. The molecule has 158 valence electrons. The highest BCUT2D eigenvalue weighted by Gasteiger charge is 2.06. The van der Waals surface area contributed by atoms with Gasteiger partial charge in [-0.15, -0.1) is 0 Å². The van der Waals surface area contributed by atoms with Crippen molar-refractivity contribution in [3.05, 3.63) is 41.6 Å². The molecular weight excluding hydrogens is 382 g/mol. The number of nitrogens with one attached hydrogen (secondary N) is 3. The van der Waals surface area contributed by atoms with Gasteiger partial charge in [-0.3, -0.25) is 9.59 Å². The topological polar surface area (TPSA) is 148 Å². The number of rotatable bonds is 10. The normalized spacial score (nSPS) is 9.93. The zero-order chi connectivity index (χ0) is 21.8. The summed E-state index contributed by atoms with van der Waals surface area (Å²) in [5.41, 5.74) is 12.4. The van der Waals surface area contributed by atoms with E-state index in [9.17, 15) is 9.59 Å². The standard InChI is InChI=1S/C21H27N7O2/c1-2-11-25-20-16(6-4-3-5-12-24-18(29)13-22)14-26-21(28-20)27-17-9-7-15(8-10-17)19(23)30/h7-10,14H,2-3,5,11-13,22H2,1H3,(H2,23,30)(H,24,29)(H2,25,26,27,28). The Morgan fingerprint density at radius 3 is 2.60 bits per heavy atom. The zero-order valence-corrected chi connectivity index (χ0v) is 17.0. The predicted octanol–water partition coefficient (Wildman–Crippen LogP) is 1.35. The third-order valence-electron chi connectivity index (χ3n) is 3.97. The molecule has 0 aliphatic rings. The van der Waals surface area contributed by atoms with E-state index in [0.29, 0.717) is 35.9 Å². The number of amides is 2. The van der Waals surface area contributed by atoms with Gasteiger partial charge in [0, 0.05) is 30.8 Å². The van der Waals surface area contributed by atoms with Crippen molar-refractivity contribution in [3.63, 3.8) is 0 Å². The van der Waals surface area contributed by atoms with E-state index in [4.69, 9.17) is 11.5 Å². The fraction of sp³-hybridized carbons (Fsp3) is 0.333. The van der Waals surface area contributed by atoms with E-state index >= 15 is 0 Å². The fourth-order valence-corrected chi connectivity index (χ4v) is 2.39. The molecule has 2 aromatic rings. The lowest BCUT2D eigenvalue weighted by Crippen LogP contribution is -2.30. The summed E-state index contributed by atoms with van der Waals surface area (Å²) in [6.07, 6.45) is 3.96. The molecule has 30 heavy (non-hydrogen) atoms. The summed E-state index contributed by atoms with van der Waals surface area (Å²) in [4.78, 5) is 31.1. The number of hydrogen-bond acceptors (Lipinski definition) is 7. The minimum absolute atomic E-state index is 0.00878. The Kier molecular flexibility index (Phi) is 9.09. The minimum Gasteiger partial charge on any atom is -0.369 e. The van der Waals surface area contributed by atoms with Crippen molar-refractivity contribution >= 4 is 29.3 Å². The molecule has 7 N–H and O–H groups in total. The molecule has 0 aliphatic carbocycles. The van der Waals surface area contributed by atoms with E-state index in [2.05, 4.69) is 44.7 Å². The number of carbonyl (C=O) groups is 2. The summed E-state index contributed by atoms with van der Waals surface area (Å²) in [7, 11) is 0. The first kappa shape index (κ1) is 22.6. The molecule has 1 heterocycles. The molecular formula is C21H27N7O2. The van der Waals surface area contributed by atoms with Crippen molar-refractivity contribution in [2.45, 2.75) is 26.2 Å². The summed E-state index contributed by atoms with van der Waals surface area (Å²) in [6, 6.07) is 6.74. The van der Waals surface area contributed by atoms with Crippen LogP contribution in [-0.4, -0.2) is 41.4 Å². The lowest BCUT2D eigenvalue weighted by molar-refractivity contribution is -0.119. The third kappa shape index (κ3) is 7.41. The first-order valence-electron chi connectivity index (χ1n) is 9.77. The lowest BCUT2D eigenvalue weighted by atomic mass is 10.2. The van der Waals surface area contributed by atoms with Crippen LogP contribution in [0, 0.1) is 11.8 Å². The number of nitrogens with zero attached hydrogens (tertiary/aromatic N) is 2. The van der Waals surface area contributed by atoms with Crippen molar-refractivity contribution in [3.8, 4) is 11.8 Å². The molecule has 0 atom stereocenters. The largest absolute Gasteiger partial charge is 0.369 e. The Bertz CT molecular complexity index is 917. The quantitative estimate of drug-likeness (QED) is 0.294. The molecule has 2 rings (SSSR count). The van der Waals surface area contributed by atoms with E-state index in [1.807, 2.05) is 0 Å². The SMILES string of the molecule is CCCNc1nc(Nc2ccc(C(N)=O)cc2)ncc1C#CCCCNC(=O)CN. The summed E-state index contributed by atoms with van der Waals surface area (Å²) in [5, 5.41) is 9.07. The zero-order valence-electron chi connectivity index (χ0n) is 17.0. The molecule has 0 aliphatic heterocycles. The average Bonchev–Trinajstić information content (AvgIpc) is 2.75. The molecule has 0 spiro atoms. The van der Waals surface area contributed by atoms with E-state index in [0.717, 1.165) is 25.1 Å². The van der Waals surface area contributed by atoms with Crippen LogP contribution in [0.5, 0.6) is 0 Å². The fourth-order valence-electron chi connectivity index (χ4n) is 2.39. The number of benzene rings is 1. The first-order valence-corrected chi connectivity index (χ1v) is 9.77. The highest BCUT2D eigenvalue weighted by molar-refractivity contribution is 5.93. The summed E-state index contributed by atoms with van der Waals surface area (Å²) in [5.74, 6) is 6.57. The third-order valence-corrected chi connectivity index (χ3v) is 3.97. The van der Waals surface area contributed by atoms with Crippen LogP contribution in [0.3, 0.4) is 0 Å². The van der Waals surface area contributed by atoms with Gasteiger partial charge in [-0.1, -0.05) is 18.8 Å². The highest BCUT2D eigenvalue weighted by atomic mass is 16.2. The van der Waals surface area contributed by atoms with Crippen molar-refractivity contribution in [1.82, 2.24) is 15.3 Å². The van der Waals surface area contributed by atoms with Gasteiger partial charge in [-0.05, 0) is 37.1 Å². The van der Waals surface area contributed by atoms with Crippen molar-refractivity contribution < 1.29 is 9.59 Å². The molecule has 0 saturated carbocycles. The van der Waals surface area contributed by atoms with Crippen molar-refractivity contribution in [1.29, 1.82) is 0 Å². The van der Waals surface area contributed by atoms with Gasteiger partial charge in [0.15, 0.2) is 0 Å². The van der Waals surface area contributed by atoms with Gasteiger partial charge >= 0.3 is 0 Å². The van der Waals surface area contributed by atoms with Gasteiger partial charge in [0.1, 0.15) is 5.82 Å². The number of nitrogens with two attached hydrogens (primary N) is 2. The molecule has 2 amide bonds. The second-order valence-corrected chi connectivity index (χ2v) is 6.41. The molecule has 0 unspecified atom stereocenters. The maximum Gasteiger partial charge on any atom is 0.248 e. The van der Waals surface area contributed by atoms with Crippen LogP contribution < -0.4 is 27.4 Å². The van der Waals surface area contributed by atoms with Crippen LogP contribution in [0.25, 0.3) is 0 Å². The first-order chi connectivity index (χ1) is 14.5. The molecule has 0 radical (unpaired) electrons. The molecule has 0 fully saturated rings. The number of unbranched alkanes of at least 4 members (excludes halogenated alkanes) is 1. The Morgan fingerprint density at radius 1 is 1.17 bits per heavy atom. The minimum atomic E-state index is -0.478. The Hall–Kier alpha value is -3.64. The van der Waals surface area contributed by atoms with Crippen LogP contribution in [0.4, 0.5) is 17.5 Å². The number of anilines is 3. The maximum absolute atomic E-state index is 11.2. The van der Waals surface area contributed by atoms with Crippen LogP contribution in [0.2, 0.25) is 0 Å². The van der Waals surface area contributed by atoms with Crippen LogP contribution in [0.1, 0.15) is 42.1 Å². The van der Waals surface area contributed by atoms with E-state index in [-0.39, 0.29) is 12.5 Å². The van der Waals surface area contributed by atoms with Gasteiger partial charge in [-0.25, -0.2) is 4.98 Å². The number of carbonyl (C=O) groups excluding carboxylic acids is 2. The van der Waals surface area contributed by atoms with E-state index < -0.39 is 5.91 Å². The second kappa shape index (κ2) is 12.0. The molecule has 1 aromatic heterocycles. The Morgan fingerprint density at radius 2 is 1.93 bits per heavy atom. The smallest absolute Gasteiger partial charge is 0.248 e. The van der Waals surface area contributed by atoms with Crippen LogP contribution in [-0.2, 0) is 4.79 Å². The van der Waals surface area contributed by atoms with Gasteiger partial charge < -0.3 is 27.4 Å². The van der Waals surface area contributed by atoms with Gasteiger partial charge in [0.25, 0.3) is 0 Å². The second-order valence-electron chi connectivity index (χ2n) is 6.41. The molecule has 9 heteroatoms. The van der Waals surface area contributed by atoms with Gasteiger partial charge in [0.2, 0.25) is 17.8 Å². The average molecular weight is 409 g/mol. The number of primary amides is 1. The number of aromatic nitrogens is 2. The molecule has 1 aromatic carbocycles.